The number of ether oxygens (including phenoxy) is 1. The monoisotopic (exact) mass is 249 g/mol. The molecule has 17 heavy (non-hydrogen) atoms. The number of aromatic nitrogens is 2. The van der Waals surface area contributed by atoms with E-state index in [9.17, 15) is 4.79 Å². The van der Waals surface area contributed by atoms with Crippen LogP contribution in [-0.4, -0.2) is 23.0 Å². The van der Waals surface area contributed by atoms with E-state index >= 15 is 0 Å². The molecule has 1 amide bonds. The van der Waals surface area contributed by atoms with Gasteiger partial charge in [-0.3, -0.25) is 15.1 Å². The smallest absolute Gasteiger partial charge is 0.261 e. The first kappa shape index (κ1) is 11.5. The fraction of sp³-hybridized carbons (Fsp3) is 0.182. The number of carbonyl (C=O) groups excluding carboxylic acids is 1. The summed E-state index contributed by atoms with van der Waals surface area (Å²) in [5.74, 6) is 0.192. The van der Waals surface area contributed by atoms with Crippen molar-refractivity contribution in [2.75, 3.05) is 12.4 Å². The van der Waals surface area contributed by atoms with E-state index in [0.717, 1.165) is 4.88 Å². The molecule has 0 radical (unpaired) electrons. The van der Waals surface area contributed by atoms with Gasteiger partial charge in [-0.05, 0) is 13.0 Å². The van der Waals surface area contributed by atoms with Crippen molar-refractivity contribution in [3.63, 3.8) is 0 Å². The molecular weight excluding hydrogens is 238 g/mol. The molecule has 0 bridgehead atoms. The molecule has 5 nitrogen and oxygen atoms in total. The van der Waals surface area contributed by atoms with E-state index in [1.165, 1.54) is 24.6 Å². The second-order valence-electron chi connectivity index (χ2n) is 3.31. The van der Waals surface area contributed by atoms with Gasteiger partial charge in [-0.25, -0.2) is 4.98 Å². The quantitative estimate of drug-likeness (QED) is 0.904. The average molecular weight is 249 g/mol. The molecule has 0 aliphatic carbocycles. The number of methoxy groups -OCH3 is 1. The van der Waals surface area contributed by atoms with Gasteiger partial charge in [-0.15, -0.1) is 11.3 Å². The molecule has 2 rings (SSSR count). The van der Waals surface area contributed by atoms with Crippen LogP contribution in [0.1, 0.15) is 15.2 Å². The van der Waals surface area contributed by atoms with Gasteiger partial charge in [0.2, 0.25) is 0 Å². The summed E-state index contributed by atoms with van der Waals surface area (Å²) in [4.78, 5) is 21.0. The van der Waals surface area contributed by atoms with Crippen molar-refractivity contribution in [1.29, 1.82) is 0 Å². The molecular formula is C11H11N3O2S. The molecule has 2 aromatic rings. The molecule has 2 heterocycles. The fourth-order valence-electron chi connectivity index (χ4n) is 1.31. The third kappa shape index (κ3) is 2.59. The number of rotatable bonds is 3. The standard InChI is InChI=1S/C11H11N3O2S/c1-7-5-13-11(17-7)14-10(15)8-3-4-12-6-9(8)16-2/h3-6H,1-2H3,(H,13,14,15). The van der Waals surface area contributed by atoms with Crippen LogP contribution in [0.25, 0.3) is 0 Å². The van der Waals surface area contributed by atoms with Crippen molar-refractivity contribution in [1.82, 2.24) is 9.97 Å². The highest BCUT2D eigenvalue weighted by Gasteiger charge is 2.13. The van der Waals surface area contributed by atoms with Crippen molar-refractivity contribution >= 4 is 22.4 Å². The minimum atomic E-state index is -0.251. The zero-order chi connectivity index (χ0) is 12.3. The third-order valence-electron chi connectivity index (χ3n) is 2.09. The second-order valence-corrected chi connectivity index (χ2v) is 4.54. The van der Waals surface area contributed by atoms with Gasteiger partial charge in [-0.2, -0.15) is 0 Å². The lowest BCUT2D eigenvalue weighted by atomic mass is 10.2. The summed E-state index contributed by atoms with van der Waals surface area (Å²) in [6.45, 7) is 1.93. The van der Waals surface area contributed by atoms with Crippen molar-refractivity contribution in [3.8, 4) is 5.75 Å². The number of amides is 1. The fourth-order valence-corrected chi connectivity index (χ4v) is 1.97. The molecule has 0 atom stereocenters. The first-order valence-electron chi connectivity index (χ1n) is 4.92. The summed E-state index contributed by atoms with van der Waals surface area (Å²) in [6.07, 6.45) is 4.76. The molecule has 0 unspecified atom stereocenters. The molecule has 0 aliphatic rings. The van der Waals surface area contributed by atoms with Gasteiger partial charge in [0.15, 0.2) is 5.13 Å². The normalized spacial score (nSPS) is 10.0. The van der Waals surface area contributed by atoms with Crippen LogP contribution in [0.4, 0.5) is 5.13 Å². The van der Waals surface area contributed by atoms with Gasteiger partial charge in [0.25, 0.3) is 5.91 Å². The van der Waals surface area contributed by atoms with E-state index in [1.54, 1.807) is 18.5 Å². The van der Waals surface area contributed by atoms with Crippen LogP contribution in [0.15, 0.2) is 24.7 Å². The Morgan fingerprint density at radius 1 is 1.47 bits per heavy atom. The lowest BCUT2D eigenvalue weighted by molar-refractivity contribution is 0.102. The topological polar surface area (TPSA) is 64.1 Å². The molecule has 0 spiro atoms. The molecule has 2 aromatic heterocycles. The zero-order valence-electron chi connectivity index (χ0n) is 9.43. The number of thiazole rings is 1. The number of anilines is 1. The Morgan fingerprint density at radius 2 is 2.29 bits per heavy atom. The highest BCUT2D eigenvalue weighted by molar-refractivity contribution is 7.15. The van der Waals surface area contributed by atoms with Crippen molar-refractivity contribution in [3.05, 3.63) is 35.1 Å². The number of pyridine rings is 1. The zero-order valence-corrected chi connectivity index (χ0v) is 10.2. The van der Waals surface area contributed by atoms with Gasteiger partial charge in [0, 0.05) is 17.3 Å². The molecule has 0 fully saturated rings. The Kier molecular flexibility index (Phi) is 3.34. The number of carbonyl (C=O) groups is 1. The average Bonchev–Trinajstić information content (AvgIpc) is 2.74. The maximum atomic E-state index is 12.0. The van der Waals surface area contributed by atoms with Crippen molar-refractivity contribution in [2.24, 2.45) is 0 Å². The van der Waals surface area contributed by atoms with E-state index in [-0.39, 0.29) is 5.91 Å². The predicted octanol–water partition coefficient (Wildman–Crippen LogP) is 2.11. The molecule has 0 saturated carbocycles. The molecule has 1 N–H and O–H groups in total. The van der Waals surface area contributed by atoms with Gasteiger partial charge in [-0.1, -0.05) is 0 Å². The van der Waals surface area contributed by atoms with Crippen LogP contribution in [0, 0.1) is 6.92 Å². The SMILES string of the molecule is COc1cnccc1C(=O)Nc1ncc(C)s1. The Balaban J connectivity index is 2.20. The number of hydrogen-bond donors (Lipinski definition) is 1. The number of nitrogens with one attached hydrogen (secondary N) is 1. The lowest BCUT2D eigenvalue weighted by Gasteiger charge is -2.06. The Labute approximate surface area is 102 Å². The molecule has 0 saturated heterocycles. The van der Waals surface area contributed by atoms with Crippen LogP contribution in [0.2, 0.25) is 0 Å². The largest absolute Gasteiger partial charge is 0.494 e. The van der Waals surface area contributed by atoms with Crippen molar-refractivity contribution < 1.29 is 9.53 Å². The van der Waals surface area contributed by atoms with Gasteiger partial charge >= 0.3 is 0 Å². The highest BCUT2D eigenvalue weighted by Crippen LogP contribution is 2.20. The van der Waals surface area contributed by atoms with E-state index in [2.05, 4.69) is 15.3 Å². The summed E-state index contributed by atoms with van der Waals surface area (Å²) in [6, 6.07) is 1.61. The van der Waals surface area contributed by atoms with Crippen molar-refractivity contribution in [2.45, 2.75) is 6.92 Å². The highest BCUT2D eigenvalue weighted by atomic mass is 32.1. The summed E-state index contributed by atoms with van der Waals surface area (Å²) in [7, 11) is 1.50. The Hall–Kier alpha value is -1.95. The number of nitrogens with zero attached hydrogens (tertiary/aromatic N) is 2. The van der Waals surface area contributed by atoms with Crippen LogP contribution >= 0.6 is 11.3 Å². The Bertz CT molecular complexity index is 539. The number of hydrogen-bond acceptors (Lipinski definition) is 5. The van der Waals surface area contributed by atoms with Crippen LogP contribution in [0.5, 0.6) is 5.75 Å². The third-order valence-corrected chi connectivity index (χ3v) is 2.92. The summed E-state index contributed by atoms with van der Waals surface area (Å²) < 4.78 is 5.07. The molecule has 6 heteroatoms. The van der Waals surface area contributed by atoms with E-state index in [0.29, 0.717) is 16.4 Å². The molecule has 0 aliphatic heterocycles. The maximum Gasteiger partial charge on any atom is 0.261 e. The van der Waals surface area contributed by atoms with E-state index in [1.807, 2.05) is 6.92 Å². The summed E-state index contributed by atoms with van der Waals surface area (Å²) >= 11 is 1.42. The van der Waals surface area contributed by atoms with Gasteiger partial charge < -0.3 is 4.74 Å². The van der Waals surface area contributed by atoms with Crippen LogP contribution in [0.3, 0.4) is 0 Å². The first-order chi connectivity index (χ1) is 8.20. The number of aryl methyl sites for hydroxylation is 1. The second kappa shape index (κ2) is 4.92. The minimum absolute atomic E-state index is 0.251. The predicted molar refractivity (Wildman–Crippen MR) is 65.6 cm³/mol. The summed E-state index contributed by atoms with van der Waals surface area (Å²) in [5, 5.41) is 3.29. The van der Waals surface area contributed by atoms with Crippen LogP contribution < -0.4 is 10.1 Å². The Morgan fingerprint density at radius 3 is 2.94 bits per heavy atom. The van der Waals surface area contributed by atoms with Gasteiger partial charge in [0.05, 0.1) is 18.9 Å². The van der Waals surface area contributed by atoms with E-state index in [4.69, 9.17) is 4.74 Å². The summed E-state index contributed by atoms with van der Waals surface area (Å²) in [5.41, 5.74) is 0.440. The van der Waals surface area contributed by atoms with Gasteiger partial charge in [0.1, 0.15) is 5.75 Å². The first-order valence-corrected chi connectivity index (χ1v) is 5.74. The molecule has 88 valence electrons. The van der Waals surface area contributed by atoms with E-state index < -0.39 is 0 Å². The van der Waals surface area contributed by atoms with Crippen LogP contribution in [-0.2, 0) is 0 Å². The minimum Gasteiger partial charge on any atom is -0.494 e. The lowest BCUT2D eigenvalue weighted by Crippen LogP contribution is -2.13. The molecule has 0 aromatic carbocycles. The maximum absolute atomic E-state index is 12.0.